The minimum absolute atomic E-state index is 0.171. The van der Waals surface area contributed by atoms with Crippen LogP contribution in [-0.4, -0.2) is 16.8 Å². The third-order valence-electron chi connectivity index (χ3n) is 2.88. The number of halogens is 2. The van der Waals surface area contributed by atoms with Gasteiger partial charge in [-0.2, -0.15) is 5.10 Å². The quantitative estimate of drug-likeness (QED) is 0.933. The molecule has 5 heteroatoms. The van der Waals surface area contributed by atoms with Crippen molar-refractivity contribution in [1.29, 1.82) is 0 Å². The molecule has 0 amide bonds. The second kappa shape index (κ2) is 5.87. The smallest absolute Gasteiger partial charge is 0.0797 e. The van der Waals surface area contributed by atoms with E-state index in [1.54, 1.807) is 0 Å². The molecule has 96 valence electrons. The van der Waals surface area contributed by atoms with Crippen LogP contribution in [0.15, 0.2) is 34.9 Å². The molecule has 0 spiro atoms. The van der Waals surface area contributed by atoms with Gasteiger partial charge in [0.15, 0.2) is 0 Å². The zero-order chi connectivity index (χ0) is 13.1. The molecule has 0 saturated carbocycles. The Morgan fingerprint density at radius 3 is 2.78 bits per heavy atom. The van der Waals surface area contributed by atoms with E-state index < -0.39 is 0 Å². The molecule has 18 heavy (non-hydrogen) atoms. The van der Waals surface area contributed by atoms with E-state index in [0.29, 0.717) is 0 Å². The van der Waals surface area contributed by atoms with E-state index in [1.165, 1.54) is 0 Å². The Morgan fingerprint density at radius 2 is 2.22 bits per heavy atom. The lowest BCUT2D eigenvalue weighted by Crippen LogP contribution is -2.19. The van der Waals surface area contributed by atoms with Crippen LogP contribution in [0.25, 0.3) is 0 Å². The zero-order valence-corrected chi connectivity index (χ0v) is 12.7. The van der Waals surface area contributed by atoms with Crippen molar-refractivity contribution < 1.29 is 0 Å². The van der Waals surface area contributed by atoms with Crippen molar-refractivity contribution in [2.45, 2.75) is 12.5 Å². The molecule has 2 rings (SSSR count). The Morgan fingerprint density at radius 1 is 1.44 bits per heavy atom. The van der Waals surface area contributed by atoms with Gasteiger partial charge < -0.3 is 5.32 Å². The molecular weight excluding hydrogens is 314 g/mol. The molecular formula is C13H15BrClN3. The highest BCUT2D eigenvalue weighted by Crippen LogP contribution is 2.25. The molecule has 1 unspecified atom stereocenters. The highest BCUT2D eigenvalue weighted by Gasteiger charge is 2.14. The largest absolute Gasteiger partial charge is 0.311 e. The molecule has 0 radical (unpaired) electrons. The van der Waals surface area contributed by atoms with Crippen LogP contribution in [0.5, 0.6) is 0 Å². The predicted molar refractivity (Wildman–Crippen MR) is 77.9 cm³/mol. The number of rotatable bonds is 4. The predicted octanol–water partition coefficient (Wildman–Crippen LogP) is 3.34. The van der Waals surface area contributed by atoms with Crippen molar-refractivity contribution in [2.75, 3.05) is 7.05 Å². The van der Waals surface area contributed by atoms with Crippen LogP contribution in [0.2, 0.25) is 5.02 Å². The Labute approximate surface area is 120 Å². The average molecular weight is 329 g/mol. The highest BCUT2D eigenvalue weighted by molar-refractivity contribution is 9.10. The zero-order valence-electron chi connectivity index (χ0n) is 10.3. The first-order chi connectivity index (χ1) is 8.60. The number of likely N-dealkylation sites (N-methyl/N-ethyl adjacent to an activating group) is 1. The molecule has 1 aromatic carbocycles. The van der Waals surface area contributed by atoms with Crippen LogP contribution < -0.4 is 5.32 Å². The second-order valence-corrected chi connectivity index (χ2v) is 5.52. The van der Waals surface area contributed by atoms with Crippen LogP contribution in [0.1, 0.15) is 17.3 Å². The summed E-state index contributed by atoms with van der Waals surface area (Å²) in [6.07, 6.45) is 2.77. The van der Waals surface area contributed by atoms with Crippen LogP contribution in [0.3, 0.4) is 0 Å². The fourth-order valence-electron chi connectivity index (χ4n) is 1.88. The Hall–Kier alpha value is -0.840. The summed E-state index contributed by atoms with van der Waals surface area (Å²) in [4.78, 5) is 0. The first-order valence-electron chi connectivity index (χ1n) is 5.71. The molecule has 0 aliphatic rings. The molecule has 0 fully saturated rings. The van der Waals surface area contributed by atoms with E-state index in [0.717, 1.165) is 27.2 Å². The van der Waals surface area contributed by atoms with Gasteiger partial charge in [0.05, 0.1) is 11.7 Å². The summed E-state index contributed by atoms with van der Waals surface area (Å²) < 4.78 is 2.80. The standard InChI is InChI=1S/C13H15BrClN3/c1-16-13(12-5-6-18(2)17-12)7-9-3-4-10(14)8-11(9)15/h3-6,8,13,16H,7H2,1-2H3. The number of nitrogens with zero attached hydrogens (tertiary/aromatic N) is 2. The molecule has 0 bridgehead atoms. The van der Waals surface area contributed by atoms with Gasteiger partial charge in [-0.25, -0.2) is 0 Å². The summed E-state index contributed by atoms with van der Waals surface area (Å²) in [5.74, 6) is 0. The number of hydrogen-bond donors (Lipinski definition) is 1. The average Bonchev–Trinajstić information content (AvgIpc) is 2.75. The lowest BCUT2D eigenvalue weighted by molar-refractivity contribution is 0.563. The van der Waals surface area contributed by atoms with Crippen LogP contribution in [-0.2, 0) is 13.5 Å². The monoisotopic (exact) mass is 327 g/mol. The number of nitrogens with one attached hydrogen (secondary N) is 1. The number of aromatic nitrogens is 2. The van der Waals surface area contributed by atoms with Gasteiger partial charge in [0.2, 0.25) is 0 Å². The van der Waals surface area contributed by atoms with Crippen LogP contribution >= 0.6 is 27.5 Å². The Balaban J connectivity index is 2.20. The van der Waals surface area contributed by atoms with E-state index in [2.05, 4.69) is 26.3 Å². The van der Waals surface area contributed by atoms with E-state index >= 15 is 0 Å². The van der Waals surface area contributed by atoms with Crippen molar-refractivity contribution in [3.8, 4) is 0 Å². The third kappa shape index (κ3) is 3.13. The van der Waals surface area contributed by atoms with E-state index in [4.69, 9.17) is 11.6 Å². The summed E-state index contributed by atoms with van der Waals surface area (Å²) >= 11 is 9.65. The van der Waals surface area contributed by atoms with Gasteiger partial charge in [0, 0.05) is 22.7 Å². The summed E-state index contributed by atoms with van der Waals surface area (Å²) in [6.45, 7) is 0. The van der Waals surface area contributed by atoms with Gasteiger partial charge in [-0.05, 0) is 37.2 Å². The topological polar surface area (TPSA) is 29.9 Å². The Kier molecular flexibility index (Phi) is 4.43. The van der Waals surface area contributed by atoms with Crippen molar-refractivity contribution in [1.82, 2.24) is 15.1 Å². The lowest BCUT2D eigenvalue weighted by Gasteiger charge is -2.15. The molecule has 0 aliphatic heterocycles. The minimum atomic E-state index is 0.171. The van der Waals surface area contributed by atoms with E-state index in [9.17, 15) is 0 Å². The van der Waals surface area contributed by atoms with Crippen molar-refractivity contribution in [2.24, 2.45) is 7.05 Å². The first-order valence-corrected chi connectivity index (χ1v) is 6.88. The van der Waals surface area contributed by atoms with E-state index in [-0.39, 0.29) is 6.04 Å². The van der Waals surface area contributed by atoms with Gasteiger partial charge in [-0.15, -0.1) is 0 Å². The normalized spacial score (nSPS) is 12.7. The highest BCUT2D eigenvalue weighted by atomic mass is 79.9. The molecule has 1 atom stereocenters. The van der Waals surface area contributed by atoms with Crippen LogP contribution in [0.4, 0.5) is 0 Å². The Bertz CT molecular complexity index is 539. The molecule has 2 aromatic rings. The molecule has 3 nitrogen and oxygen atoms in total. The maximum absolute atomic E-state index is 6.24. The summed E-state index contributed by atoms with van der Waals surface area (Å²) in [5.41, 5.74) is 2.14. The SMILES string of the molecule is CNC(Cc1ccc(Br)cc1Cl)c1ccn(C)n1. The fourth-order valence-corrected chi connectivity index (χ4v) is 2.63. The van der Waals surface area contributed by atoms with Gasteiger partial charge in [0.25, 0.3) is 0 Å². The van der Waals surface area contributed by atoms with Gasteiger partial charge in [-0.3, -0.25) is 4.68 Å². The maximum atomic E-state index is 6.24. The summed E-state index contributed by atoms with van der Waals surface area (Å²) in [7, 11) is 3.86. The lowest BCUT2D eigenvalue weighted by atomic mass is 10.0. The van der Waals surface area contributed by atoms with Crippen molar-refractivity contribution in [3.05, 3.63) is 51.2 Å². The summed E-state index contributed by atoms with van der Waals surface area (Å²) in [6, 6.07) is 8.16. The van der Waals surface area contributed by atoms with Crippen LogP contribution in [0, 0.1) is 0 Å². The number of benzene rings is 1. The van der Waals surface area contributed by atoms with Crippen molar-refractivity contribution >= 4 is 27.5 Å². The first kappa shape index (κ1) is 13.6. The molecule has 1 heterocycles. The van der Waals surface area contributed by atoms with Gasteiger partial charge in [-0.1, -0.05) is 33.6 Å². The molecule has 1 N–H and O–H groups in total. The molecule has 0 saturated heterocycles. The molecule has 1 aromatic heterocycles. The number of hydrogen-bond acceptors (Lipinski definition) is 2. The van der Waals surface area contributed by atoms with Gasteiger partial charge in [0.1, 0.15) is 0 Å². The van der Waals surface area contributed by atoms with Gasteiger partial charge >= 0.3 is 0 Å². The van der Waals surface area contributed by atoms with Crippen molar-refractivity contribution in [3.63, 3.8) is 0 Å². The van der Waals surface area contributed by atoms with E-state index in [1.807, 2.05) is 49.2 Å². The molecule has 0 aliphatic carbocycles. The maximum Gasteiger partial charge on any atom is 0.0797 e. The minimum Gasteiger partial charge on any atom is -0.311 e. The third-order valence-corrected chi connectivity index (χ3v) is 3.72. The second-order valence-electron chi connectivity index (χ2n) is 4.20. The summed E-state index contributed by atoms with van der Waals surface area (Å²) in [5, 5.41) is 8.48. The number of aryl methyl sites for hydroxylation is 1. The fraction of sp³-hybridized carbons (Fsp3) is 0.308.